The number of carbonyl (C=O) groups is 3. The number of hydrogen-bond acceptors (Lipinski definition) is 7. The van der Waals surface area contributed by atoms with Crippen molar-refractivity contribution in [1.29, 1.82) is 0 Å². The third-order valence-electron chi connectivity index (χ3n) is 6.61. The SMILES string of the molecule is C=C[C@H](C)[C@@](C)(NC(=O)[C@@H]1C[C@@H](O)CN1C(O)[C@H](CCCCCC)NC(=O)C(F)(F)F)C(=O)OCC. The van der Waals surface area contributed by atoms with E-state index in [-0.39, 0.29) is 26.0 Å². The number of hydrogen-bond donors (Lipinski definition) is 4. The highest BCUT2D eigenvalue weighted by Crippen LogP contribution is 2.27. The lowest BCUT2D eigenvalue weighted by atomic mass is 9.86. The third kappa shape index (κ3) is 8.45. The minimum absolute atomic E-state index is 0.0396. The average molecular weight is 524 g/mol. The molecule has 6 atom stereocenters. The molecule has 9 nitrogen and oxygen atoms in total. The molecule has 0 aromatic heterocycles. The van der Waals surface area contributed by atoms with Gasteiger partial charge in [-0.15, -0.1) is 6.58 Å². The maximum absolute atomic E-state index is 13.3. The highest BCUT2D eigenvalue weighted by Gasteiger charge is 2.48. The molecule has 1 aliphatic heterocycles. The van der Waals surface area contributed by atoms with E-state index in [9.17, 15) is 37.8 Å². The molecule has 0 saturated carbocycles. The van der Waals surface area contributed by atoms with Crippen molar-refractivity contribution in [2.75, 3.05) is 13.2 Å². The highest BCUT2D eigenvalue weighted by atomic mass is 19.4. The first kappa shape index (κ1) is 31.8. The van der Waals surface area contributed by atoms with Crippen molar-refractivity contribution in [1.82, 2.24) is 15.5 Å². The zero-order valence-corrected chi connectivity index (χ0v) is 21.4. The Bertz CT molecular complexity index is 766. The van der Waals surface area contributed by atoms with Crippen molar-refractivity contribution in [3.05, 3.63) is 12.7 Å². The molecule has 0 aromatic carbocycles. The van der Waals surface area contributed by atoms with Gasteiger partial charge in [0.25, 0.3) is 0 Å². The number of nitrogens with zero attached hydrogens (tertiary/aromatic N) is 1. The normalized spacial score (nSPS) is 22.7. The smallest absolute Gasteiger partial charge is 0.464 e. The Kier molecular flexibility index (Phi) is 12.3. The molecule has 1 unspecified atom stereocenters. The first-order valence-electron chi connectivity index (χ1n) is 12.3. The van der Waals surface area contributed by atoms with E-state index in [0.717, 1.165) is 17.7 Å². The second kappa shape index (κ2) is 13.9. The maximum Gasteiger partial charge on any atom is 0.471 e. The molecule has 208 valence electrons. The number of esters is 1. The van der Waals surface area contributed by atoms with Gasteiger partial charge in [0.15, 0.2) is 0 Å². The molecule has 36 heavy (non-hydrogen) atoms. The Hall–Kier alpha value is -2.18. The molecule has 1 fully saturated rings. The van der Waals surface area contributed by atoms with E-state index in [1.807, 2.05) is 12.2 Å². The quantitative estimate of drug-likeness (QED) is 0.156. The van der Waals surface area contributed by atoms with Gasteiger partial charge in [-0.25, -0.2) is 4.79 Å². The van der Waals surface area contributed by atoms with E-state index in [0.29, 0.717) is 12.8 Å². The Morgan fingerprint density at radius 3 is 2.39 bits per heavy atom. The maximum atomic E-state index is 13.3. The fraction of sp³-hybridized carbons (Fsp3) is 0.792. The number of ether oxygens (including phenoxy) is 1. The van der Waals surface area contributed by atoms with Gasteiger partial charge >= 0.3 is 18.1 Å². The molecule has 2 amide bonds. The monoisotopic (exact) mass is 523 g/mol. The molecule has 4 N–H and O–H groups in total. The molecule has 0 bridgehead atoms. The lowest BCUT2D eigenvalue weighted by Crippen LogP contribution is -2.62. The summed E-state index contributed by atoms with van der Waals surface area (Å²) in [7, 11) is 0. The number of β-amino-alcohol motifs (C(OH)–C–C–N with tert-alkyl or cyclic N) is 1. The lowest BCUT2D eigenvalue weighted by molar-refractivity contribution is -0.176. The van der Waals surface area contributed by atoms with Gasteiger partial charge in [0.05, 0.1) is 24.8 Å². The summed E-state index contributed by atoms with van der Waals surface area (Å²) in [6.07, 6.45) is -3.67. The number of likely N-dealkylation sites (tertiary alicyclic amines) is 1. The van der Waals surface area contributed by atoms with Crippen LogP contribution in [0.4, 0.5) is 13.2 Å². The molecule has 0 radical (unpaired) electrons. The third-order valence-corrected chi connectivity index (χ3v) is 6.61. The molecule has 0 aliphatic carbocycles. The Morgan fingerprint density at radius 1 is 1.22 bits per heavy atom. The standard InChI is InChI=1S/C24H40F3N3O6/c1-6-9-10-11-12-17(28-21(34)24(25,26)27)20(33)30-14-16(31)13-18(30)19(32)29-23(5,15(4)7-2)22(35)36-8-3/h7,15-18,20,31,33H,2,6,8-14H2,1,3-5H3,(H,28,34)(H,29,32)/t15-,16+,17-,18-,20?,23+/m0/s1. The predicted octanol–water partition coefficient (Wildman–Crippen LogP) is 2.02. The molecular weight excluding hydrogens is 483 g/mol. The number of aliphatic hydroxyl groups excluding tert-OH is 2. The number of rotatable bonds is 14. The second-order valence-corrected chi connectivity index (χ2v) is 9.38. The van der Waals surface area contributed by atoms with E-state index in [2.05, 4.69) is 11.9 Å². The number of aliphatic hydroxyl groups is 2. The number of nitrogens with one attached hydrogen (secondary N) is 2. The van der Waals surface area contributed by atoms with Crippen LogP contribution in [0.15, 0.2) is 12.7 Å². The summed E-state index contributed by atoms with van der Waals surface area (Å²) in [6, 6.07) is -2.50. The van der Waals surface area contributed by atoms with Gasteiger partial charge in [0.1, 0.15) is 11.8 Å². The van der Waals surface area contributed by atoms with Crippen molar-refractivity contribution in [3.8, 4) is 0 Å². The van der Waals surface area contributed by atoms with Crippen LogP contribution in [0.3, 0.4) is 0 Å². The van der Waals surface area contributed by atoms with Crippen LogP contribution in [0.25, 0.3) is 0 Å². The molecule has 1 heterocycles. The summed E-state index contributed by atoms with van der Waals surface area (Å²) < 4.78 is 43.9. The van der Waals surface area contributed by atoms with Crippen molar-refractivity contribution in [3.63, 3.8) is 0 Å². The fourth-order valence-electron chi connectivity index (χ4n) is 4.16. The summed E-state index contributed by atoms with van der Waals surface area (Å²) in [6.45, 7) is 10.2. The van der Waals surface area contributed by atoms with Gasteiger partial charge in [-0.1, -0.05) is 45.6 Å². The average Bonchev–Trinajstić information content (AvgIpc) is 3.21. The summed E-state index contributed by atoms with van der Waals surface area (Å²) in [4.78, 5) is 38.7. The Balaban J connectivity index is 3.17. The summed E-state index contributed by atoms with van der Waals surface area (Å²) in [5.41, 5.74) is -1.51. The van der Waals surface area contributed by atoms with E-state index in [4.69, 9.17) is 4.74 Å². The molecule has 1 aliphatic rings. The summed E-state index contributed by atoms with van der Waals surface area (Å²) >= 11 is 0. The van der Waals surface area contributed by atoms with Gasteiger partial charge in [0, 0.05) is 12.5 Å². The van der Waals surface area contributed by atoms with Crippen LogP contribution >= 0.6 is 0 Å². The molecule has 0 spiro atoms. The van der Waals surface area contributed by atoms with Crippen LogP contribution in [-0.2, 0) is 19.1 Å². The minimum atomic E-state index is -5.15. The van der Waals surface area contributed by atoms with E-state index in [1.165, 1.54) is 13.0 Å². The second-order valence-electron chi connectivity index (χ2n) is 9.38. The summed E-state index contributed by atoms with van der Waals surface area (Å²) in [5.74, 6) is -4.18. The number of amides is 2. The zero-order chi connectivity index (χ0) is 27.7. The number of alkyl halides is 3. The highest BCUT2D eigenvalue weighted by molar-refractivity contribution is 5.91. The van der Waals surface area contributed by atoms with E-state index >= 15 is 0 Å². The first-order valence-corrected chi connectivity index (χ1v) is 12.3. The van der Waals surface area contributed by atoms with Gasteiger partial charge in [-0.05, 0) is 26.7 Å². The van der Waals surface area contributed by atoms with Crippen molar-refractivity contribution >= 4 is 17.8 Å². The number of halogens is 3. The zero-order valence-electron chi connectivity index (χ0n) is 21.4. The van der Waals surface area contributed by atoms with E-state index < -0.39 is 59.8 Å². The predicted molar refractivity (Wildman–Crippen MR) is 126 cm³/mol. The van der Waals surface area contributed by atoms with Crippen LogP contribution in [-0.4, -0.2) is 82.2 Å². The number of unbranched alkanes of at least 4 members (excludes halogenated alkanes) is 3. The molecule has 1 saturated heterocycles. The molecule has 1 rings (SSSR count). The topological polar surface area (TPSA) is 128 Å². The summed E-state index contributed by atoms with van der Waals surface area (Å²) in [5, 5.41) is 25.7. The van der Waals surface area contributed by atoms with Crippen molar-refractivity contribution in [2.45, 2.75) is 102 Å². The largest absolute Gasteiger partial charge is 0.471 e. The molecular formula is C24H40F3N3O6. The minimum Gasteiger partial charge on any atom is -0.464 e. The first-order chi connectivity index (χ1) is 16.7. The van der Waals surface area contributed by atoms with Gasteiger partial charge in [-0.2, -0.15) is 13.2 Å². The lowest BCUT2D eigenvalue weighted by Gasteiger charge is -2.37. The van der Waals surface area contributed by atoms with Crippen LogP contribution in [0.2, 0.25) is 0 Å². The van der Waals surface area contributed by atoms with Gasteiger partial charge in [-0.3, -0.25) is 14.5 Å². The van der Waals surface area contributed by atoms with Crippen LogP contribution in [0, 0.1) is 5.92 Å². The van der Waals surface area contributed by atoms with Gasteiger partial charge in [0.2, 0.25) is 5.91 Å². The van der Waals surface area contributed by atoms with Crippen molar-refractivity contribution in [2.24, 2.45) is 5.92 Å². The van der Waals surface area contributed by atoms with E-state index in [1.54, 1.807) is 13.8 Å². The molecule has 12 heteroatoms. The Labute approximate surface area is 210 Å². The van der Waals surface area contributed by atoms with Gasteiger partial charge < -0.3 is 25.6 Å². The fourth-order valence-corrected chi connectivity index (χ4v) is 4.16. The van der Waals surface area contributed by atoms with Crippen LogP contribution < -0.4 is 10.6 Å². The van der Waals surface area contributed by atoms with Crippen molar-refractivity contribution < 1.29 is 42.5 Å². The molecule has 0 aromatic rings. The van der Waals surface area contributed by atoms with Crippen LogP contribution in [0.1, 0.15) is 66.2 Å². The van der Waals surface area contributed by atoms with Crippen LogP contribution in [0.5, 0.6) is 0 Å². The Morgan fingerprint density at radius 2 is 1.86 bits per heavy atom. The number of carbonyl (C=O) groups excluding carboxylic acids is 3.